The van der Waals surface area contributed by atoms with Crippen LogP contribution in [0.2, 0.25) is 0 Å². The second-order valence-corrected chi connectivity index (χ2v) is 9.65. The monoisotopic (exact) mass is 534 g/mol. The number of esters is 2. The van der Waals surface area contributed by atoms with Crippen molar-refractivity contribution in [2.75, 3.05) is 14.2 Å². The van der Waals surface area contributed by atoms with Crippen molar-refractivity contribution in [2.45, 2.75) is 4.90 Å². The van der Waals surface area contributed by atoms with Gasteiger partial charge in [0.05, 0.1) is 25.3 Å². The molecule has 0 saturated heterocycles. The summed E-state index contributed by atoms with van der Waals surface area (Å²) in [6, 6.07) is 24.4. The van der Waals surface area contributed by atoms with Crippen molar-refractivity contribution in [1.82, 2.24) is 0 Å². The van der Waals surface area contributed by atoms with E-state index >= 15 is 0 Å². The van der Waals surface area contributed by atoms with Gasteiger partial charge in [0.15, 0.2) is 5.75 Å². The molecule has 0 radical (unpaired) electrons. The number of carbonyl (C=O) groups excluding carboxylic acids is 2. The van der Waals surface area contributed by atoms with E-state index in [-0.39, 0.29) is 31.7 Å². The first-order chi connectivity index (χ1) is 17.3. The molecule has 0 aromatic heterocycles. The van der Waals surface area contributed by atoms with Crippen LogP contribution in [0.25, 0.3) is 32.3 Å². The molecule has 0 aliphatic carbocycles. The van der Waals surface area contributed by atoms with E-state index in [2.05, 4.69) is 0 Å². The topological polar surface area (TPSA) is 96.0 Å². The molecule has 1 atom stereocenters. The zero-order valence-corrected chi connectivity index (χ0v) is 22.3. The van der Waals surface area contributed by atoms with E-state index in [0.29, 0.717) is 5.39 Å². The Bertz CT molecular complexity index is 1760. The minimum atomic E-state index is -4.46. The van der Waals surface area contributed by atoms with Crippen molar-refractivity contribution in [2.24, 2.45) is 0 Å². The zero-order chi connectivity index (χ0) is 25.4. The molecule has 0 amide bonds. The van der Waals surface area contributed by atoms with Gasteiger partial charge in [-0.25, -0.2) is 9.59 Å². The number of benzene rings is 5. The summed E-state index contributed by atoms with van der Waals surface area (Å²) in [7, 11) is -2.15. The van der Waals surface area contributed by atoms with Crippen LogP contribution < -0.4 is 4.18 Å². The summed E-state index contributed by atoms with van der Waals surface area (Å²) in [5, 5.41) is 5.24. The number of hydrogen-bond donors (Lipinski definition) is 0. The number of ether oxygens (including phenoxy) is 2. The Balaban J connectivity index is 0.00000320. The summed E-state index contributed by atoms with van der Waals surface area (Å²) in [5.41, 5.74) is -0.255. The number of hydrogen-bond acceptors (Lipinski definition) is 7. The van der Waals surface area contributed by atoms with E-state index < -0.39 is 22.1 Å². The Morgan fingerprint density at radius 2 is 1.22 bits per heavy atom. The van der Waals surface area contributed by atoms with Crippen LogP contribution in [0.1, 0.15) is 20.7 Å². The minimum absolute atomic E-state index is 0. The van der Waals surface area contributed by atoms with E-state index in [1.165, 1.54) is 6.07 Å². The SMILES string of the molecule is COC(=O)c1cc(C(=O)OC)cc(S(=O)(=O)Oc2cccc3ccc4cc5ccccc5cc4c23)c1.P. The smallest absolute Gasteiger partial charge is 0.339 e. The molecular weight excluding hydrogens is 511 g/mol. The van der Waals surface area contributed by atoms with Crippen LogP contribution in [0.3, 0.4) is 0 Å². The van der Waals surface area contributed by atoms with Crippen LogP contribution >= 0.6 is 9.90 Å². The van der Waals surface area contributed by atoms with Crippen LogP contribution in [0.15, 0.2) is 89.8 Å². The average molecular weight is 535 g/mol. The first-order valence-corrected chi connectivity index (χ1v) is 12.3. The molecule has 0 N–H and O–H groups in total. The summed E-state index contributed by atoms with van der Waals surface area (Å²) >= 11 is 0. The highest BCUT2D eigenvalue weighted by atomic mass is 32.2. The molecule has 5 aromatic rings. The number of carbonyl (C=O) groups is 2. The van der Waals surface area contributed by atoms with Crippen LogP contribution in [-0.2, 0) is 19.6 Å². The molecule has 0 bridgehead atoms. The van der Waals surface area contributed by atoms with Crippen molar-refractivity contribution < 1.29 is 31.7 Å². The van der Waals surface area contributed by atoms with Crippen LogP contribution in [-0.4, -0.2) is 34.6 Å². The van der Waals surface area contributed by atoms with Gasteiger partial charge in [-0.15, -0.1) is 0 Å². The van der Waals surface area contributed by atoms with E-state index in [4.69, 9.17) is 13.7 Å². The molecule has 5 aromatic carbocycles. The van der Waals surface area contributed by atoms with Crippen molar-refractivity contribution in [3.8, 4) is 5.75 Å². The van der Waals surface area contributed by atoms with Crippen LogP contribution in [0.4, 0.5) is 0 Å². The molecule has 0 aliphatic heterocycles. The first kappa shape index (κ1) is 26.1. The van der Waals surface area contributed by atoms with Gasteiger partial charge in [0.2, 0.25) is 0 Å². The highest BCUT2D eigenvalue weighted by Gasteiger charge is 2.24. The summed E-state index contributed by atoms with van der Waals surface area (Å²) in [4.78, 5) is 23.9. The molecule has 0 heterocycles. The Morgan fingerprint density at radius 3 is 1.84 bits per heavy atom. The summed E-state index contributed by atoms with van der Waals surface area (Å²) < 4.78 is 41.8. The molecule has 0 spiro atoms. The van der Waals surface area contributed by atoms with Gasteiger partial charge in [-0.3, -0.25) is 0 Å². The van der Waals surface area contributed by atoms with Gasteiger partial charge in [0.25, 0.3) is 0 Å². The number of rotatable bonds is 5. The van der Waals surface area contributed by atoms with Crippen molar-refractivity contribution in [3.63, 3.8) is 0 Å². The molecule has 7 nitrogen and oxygen atoms in total. The second-order valence-electron chi connectivity index (χ2n) is 8.11. The third-order valence-corrected chi connectivity index (χ3v) is 7.14. The summed E-state index contributed by atoms with van der Waals surface area (Å²) in [6.45, 7) is 0. The first-order valence-electron chi connectivity index (χ1n) is 10.9. The predicted octanol–water partition coefficient (Wildman–Crippen LogP) is 5.55. The maximum Gasteiger partial charge on any atom is 0.339 e. The fourth-order valence-electron chi connectivity index (χ4n) is 4.22. The Hall–Kier alpha value is -4.00. The van der Waals surface area contributed by atoms with E-state index in [9.17, 15) is 18.0 Å². The van der Waals surface area contributed by atoms with Gasteiger partial charge in [-0.1, -0.05) is 48.5 Å². The number of fused-ring (bicyclic) bond motifs is 4. The quantitative estimate of drug-likeness (QED) is 0.0960. The molecule has 1 unspecified atom stereocenters. The van der Waals surface area contributed by atoms with Crippen molar-refractivity contribution >= 4 is 64.3 Å². The van der Waals surface area contributed by atoms with Crippen molar-refractivity contribution in [1.29, 1.82) is 0 Å². The van der Waals surface area contributed by atoms with Gasteiger partial charge in [0, 0.05) is 5.39 Å². The zero-order valence-electron chi connectivity index (χ0n) is 20.1. The van der Waals surface area contributed by atoms with Crippen LogP contribution in [0, 0.1) is 0 Å². The average Bonchev–Trinajstić information content (AvgIpc) is 2.90. The van der Waals surface area contributed by atoms with E-state index in [1.807, 2.05) is 54.6 Å². The molecule has 5 rings (SSSR count). The van der Waals surface area contributed by atoms with Gasteiger partial charge in [0.1, 0.15) is 4.90 Å². The van der Waals surface area contributed by atoms with Gasteiger partial charge < -0.3 is 13.7 Å². The fraction of sp³-hybridized carbons (Fsp3) is 0.0714. The van der Waals surface area contributed by atoms with Gasteiger partial charge >= 0.3 is 22.1 Å². The van der Waals surface area contributed by atoms with Crippen molar-refractivity contribution in [3.05, 3.63) is 96.1 Å². The van der Waals surface area contributed by atoms with E-state index in [1.54, 1.807) is 12.1 Å². The molecular formula is C28H23O7PS. The summed E-state index contributed by atoms with van der Waals surface area (Å²) in [6.07, 6.45) is 0. The van der Waals surface area contributed by atoms with E-state index in [0.717, 1.165) is 53.3 Å². The largest absolute Gasteiger partial charge is 0.465 e. The lowest BCUT2D eigenvalue weighted by atomic mass is 9.98. The lowest BCUT2D eigenvalue weighted by molar-refractivity contribution is 0.0598. The normalized spacial score (nSPS) is 11.2. The minimum Gasteiger partial charge on any atom is -0.465 e. The standard InChI is InChI=1S/C28H20O7S.H3P/c1-33-27(29)21-13-22(28(30)34-2)15-23(14-21)36(31,32)35-25-9-5-8-17-10-11-20-12-18-6-3-4-7-19(18)16-24(20)26(17)25;/h3-16H,1-2H3;1H3. The lowest BCUT2D eigenvalue weighted by Gasteiger charge is -2.13. The maximum atomic E-state index is 13.4. The Morgan fingerprint density at radius 1 is 0.649 bits per heavy atom. The lowest BCUT2D eigenvalue weighted by Crippen LogP contribution is -2.14. The van der Waals surface area contributed by atoms with Gasteiger partial charge in [-0.05, 0) is 63.3 Å². The number of methoxy groups -OCH3 is 2. The maximum absolute atomic E-state index is 13.4. The predicted molar refractivity (Wildman–Crippen MR) is 147 cm³/mol. The Kier molecular flexibility index (Phi) is 7.16. The summed E-state index contributed by atoms with van der Waals surface area (Å²) in [5.74, 6) is -1.49. The van der Waals surface area contributed by atoms with Gasteiger partial charge in [-0.2, -0.15) is 18.3 Å². The molecule has 0 fully saturated rings. The molecule has 37 heavy (non-hydrogen) atoms. The highest BCUT2D eigenvalue weighted by molar-refractivity contribution is 7.87. The fourth-order valence-corrected chi connectivity index (χ4v) is 5.23. The third-order valence-electron chi connectivity index (χ3n) is 5.92. The highest BCUT2D eigenvalue weighted by Crippen LogP contribution is 2.36. The second kappa shape index (κ2) is 10.2. The molecule has 188 valence electrons. The van der Waals surface area contributed by atoms with Crippen LogP contribution in [0.5, 0.6) is 5.75 Å². The molecule has 9 heteroatoms. The molecule has 0 saturated carbocycles. The third kappa shape index (κ3) is 4.86. The molecule has 0 aliphatic rings. The Labute approximate surface area is 216 Å².